The van der Waals surface area contributed by atoms with E-state index in [9.17, 15) is 9.18 Å². The van der Waals surface area contributed by atoms with Crippen LogP contribution in [0.3, 0.4) is 0 Å². The number of piperidine rings is 1. The van der Waals surface area contributed by atoms with Crippen LogP contribution in [0.25, 0.3) is 5.65 Å². The number of nitrogens with zero attached hydrogens (tertiary/aromatic N) is 4. The van der Waals surface area contributed by atoms with Gasteiger partial charge in [-0.25, -0.2) is 13.9 Å². The van der Waals surface area contributed by atoms with E-state index in [1.807, 2.05) is 19.2 Å². The summed E-state index contributed by atoms with van der Waals surface area (Å²) in [6.07, 6.45) is 5.05. The van der Waals surface area contributed by atoms with Crippen molar-refractivity contribution >= 4 is 17.4 Å². The highest BCUT2D eigenvalue weighted by atomic mass is 19.1. The Morgan fingerprint density at radius 3 is 3.10 bits per heavy atom. The maximum atomic E-state index is 14.3. The Bertz CT molecular complexity index is 1160. The summed E-state index contributed by atoms with van der Waals surface area (Å²) in [5, 5.41) is 7.15. The Hall–Kier alpha value is -3.16. The predicted octanol–water partition coefficient (Wildman–Crippen LogP) is 2.50. The van der Waals surface area contributed by atoms with Gasteiger partial charge in [0.1, 0.15) is 29.1 Å². The number of hydrogen-bond donors (Lipinski definition) is 1. The number of ether oxygens (including phenoxy) is 1. The third-order valence-corrected chi connectivity index (χ3v) is 6.42. The average Bonchev–Trinajstić information content (AvgIpc) is 3.10. The zero-order valence-electron chi connectivity index (χ0n) is 15.9. The van der Waals surface area contributed by atoms with Crippen LogP contribution in [-0.4, -0.2) is 39.7 Å². The van der Waals surface area contributed by atoms with Crippen molar-refractivity contribution in [2.75, 3.05) is 18.0 Å². The van der Waals surface area contributed by atoms with Crippen molar-refractivity contribution in [2.45, 2.75) is 31.4 Å². The minimum Gasteiger partial charge on any atom is -0.489 e. The number of nitrogens with one attached hydrogen (secondary N) is 1. The van der Waals surface area contributed by atoms with E-state index in [-0.39, 0.29) is 23.4 Å². The van der Waals surface area contributed by atoms with Crippen molar-refractivity contribution in [3.05, 3.63) is 53.6 Å². The number of hydrogen-bond acceptors (Lipinski definition) is 5. The molecule has 1 aromatic carbocycles. The van der Waals surface area contributed by atoms with Gasteiger partial charge in [0, 0.05) is 18.3 Å². The Morgan fingerprint density at radius 1 is 1.34 bits per heavy atom. The summed E-state index contributed by atoms with van der Waals surface area (Å²) in [4.78, 5) is 19.7. The lowest BCUT2D eigenvalue weighted by Gasteiger charge is -2.31. The molecule has 1 spiro atoms. The van der Waals surface area contributed by atoms with Crippen molar-refractivity contribution in [1.82, 2.24) is 19.9 Å². The van der Waals surface area contributed by atoms with Crippen LogP contribution in [0.2, 0.25) is 0 Å². The first kappa shape index (κ1) is 16.8. The molecule has 3 atom stereocenters. The van der Waals surface area contributed by atoms with Gasteiger partial charge < -0.3 is 15.0 Å². The fourth-order valence-corrected chi connectivity index (χ4v) is 4.97. The maximum absolute atomic E-state index is 14.3. The molecular formula is C21H20FN5O2. The molecule has 7 nitrogen and oxygen atoms in total. The molecule has 1 saturated heterocycles. The van der Waals surface area contributed by atoms with Crippen LogP contribution in [0.1, 0.15) is 35.7 Å². The molecule has 6 rings (SSSR count). The van der Waals surface area contributed by atoms with Gasteiger partial charge in [0.15, 0.2) is 5.65 Å². The van der Waals surface area contributed by atoms with Crippen LogP contribution in [0.5, 0.6) is 5.75 Å². The predicted molar refractivity (Wildman–Crippen MR) is 104 cm³/mol. The summed E-state index contributed by atoms with van der Waals surface area (Å²) in [6, 6.07) is 6.64. The summed E-state index contributed by atoms with van der Waals surface area (Å²) in [7, 11) is 0. The van der Waals surface area contributed by atoms with E-state index in [1.165, 1.54) is 12.3 Å². The standard InChI is InChI=1S/C21H20FN5O2/c1-12-10-23-20(28)15-11-24-27-7-5-18(25-19(15)27)26-6-4-13-9-21(13,26)16-8-14(22)2-3-17(16)29-12/h2-3,5,7-8,11-13H,4,6,9-10H2,1H3,(H,23,28)/t12-,13?,21+/m0/s1. The minimum absolute atomic E-state index is 0.237. The molecule has 1 aliphatic carbocycles. The summed E-state index contributed by atoms with van der Waals surface area (Å²) in [5.41, 5.74) is 1.51. The molecule has 2 aliphatic heterocycles. The molecule has 2 fully saturated rings. The molecule has 0 radical (unpaired) electrons. The van der Waals surface area contributed by atoms with Crippen LogP contribution in [0, 0.1) is 11.7 Å². The smallest absolute Gasteiger partial charge is 0.256 e. The van der Waals surface area contributed by atoms with Gasteiger partial charge in [0.2, 0.25) is 0 Å². The van der Waals surface area contributed by atoms with Crippen molar-refractivity contribution in [2.24, 2.45) is 5.92 Å². The molecule has 1 N–H and O–H groups in total. The Balaban J connectivity index is 1.58. The van der Waals surface area contributed by atoms with E-state index in [4.69, 9.17) is 9.72 Å². The second-order valence-corrected chi connectivity index (χ2v) is 8.16. The third kappa shape index (κ3) is 2.31. The monoisotopic (exact) mass is 393 g/mol. The van der Waals surface area contributed by atoms with Crippen molar-refractivity contribution in [3.8, 4) is 5.75 Å². The summed E-state index contributed by atoms with van der Waals surface area (Å²) >= 11 is 0. The molecule has 1 saturated carbocycles. The van der Waals surface area contributed by atoms with Gasteiger partial charge in [-0.2, -0.15) is 5.10 Å². The van der Waals surface area contributed by atoms with Crippen LogP contribution < -0.4 is 15.0 Å². The average molecular weight is 393 g/mol. The number of carbonyl (C=O) groups is 1. The number of anilines is 1. The normalized spacial score (nSPS) is 27.8. The first-order valence-corrected chi connectivity index (χ1v) is 9.93. The summed E-state index contributed by atoms with van der Waals surface area (Å²) < 4.78 is 22.1. The largest absolute Gasteiger partial charge is 0.489 e. The molecule has 4 heterocycles. The molecular weight excluding hydrogens is 373 g/mol. The number of carbonyl (C=O) groups excluding carboxylic acids is 1. The van der Waals surface area contributed by atoms with Gasteiger partial charge in [-0.15, -0.1) is 0 Å². The van der Waals surface area contributed by atoms with E-state index in [0.29, 0.717) is 29.4 Å². The molecule has 2 aromatic heterocycles. The summed E-state index contributed by atoms with van der Waals surface area (Å²) in [6.45, 7) is 3.05. The van der Waals surface area contributed by atoms with Gasteiger partial charge in [-0.1, -0.05) is 0 Å². The topological polar surface area (TPSA) is 71.8 Å². The van der Waals surface area contributed by atoms with Crippen molar-refractivity contribution in [3.63, 3.8) is 0 Å². The lowest BCUT2D eigenvalue weighted by molar-refractivity contribution is 0.0933. The van der Waals surface area contributed by atoms with Crippen LogP contribution in [0.4, 0.5) is 10.2 Å². The fourth-order valence-electron chi connectivity index (χ4n) is 4.97. The molecule has 1 unspecified atom stereocenters. The molecule has 8 heteroatoms. The second kappa shape index (κ2) is 5.68. The van der Waals surface area contributed by atoms with E-state index < -0.39 is 0 Å². The van der Waals surface area contributed by atoms with Gasteiger partial charge in [0.25, 0.3) is 5.91 Å². The molecule has 1 amide bonds. The highest BCUT2D eigenvalue weighted by Gasteiger charge is 2.64. The number of benzene rings is 1. The lowest BCUT2D eigenvalue weighted by Crippen LogP contribution is -2.35. The zero-order chi connectivity index (χ0) is 19.8. The Kier molecular flexibility index (Phi) is 3.29. The van der Waals surface area contributed by atoms with Crippen molar-refractivity contribution < 1.29 is 13.9 Å². The molecule has 148 valence electrons. The third-order valence-electron chi connectivity index (χ3n) is 6.42. The summed E-state index contributed by atoms with van der Waals surface area (Å²) in [5.74, 6) is 1.37. The van der Waals surface area contributed by atoms with Crippen molar-refractivity contribution in [1.29, 1.82) is 0 Å². The van der Waals surface area contributed by atoms with Gasteiger partial charge >= 0.3 is 0 Å². The molecule has 3 aromatic rings. The van der Waals surface area contributed by atoms with Gasteiger partial charge in [-0.3, -0.25) is 4.79 Å². The zero-order valence-corrected chi connectivity index (χ0v) is 15.9. The first-order chi connectivity index (χ1) is 14.1. The van der Waals surface area contributed by atoms with E-state index in [0.717, 1.165) is 30.8 Å². The number of aromatic nitrogens is 3. The van der Waals surface area contributed by atoms with Crippen LogP contribution in [-0.2, 0) is 5.54 Å². The molecule has 29 heavy (non-hydrogen) atoms. The number of fused-ring (bicyclic) bond motifs is 3. The van der Waals surface area contributed by atoms with Gasteiger partial charge in [-0.05, 0) is 49.9 Å². The van der Waals surface area contributed by atoms with Crippen LogP contribution in [0.15, 0.2) is 36.7 Å². The van der Waals surface area contributed by atoms with E-state index in [2.05, 4.69) is 15.3 Å². The number of halogens is 1. The maximum Gasteiger partial charge on any atom is 0.256 e. The molecule has 3 aliphatic rings. The SMILES string of the molecule is C[C@H]1CNC(=O)c2cnn3ccc(nc23)N2CCC3C[C@]32c2cc(F)ccc2O1. The quantitative estimate of drug-likeness (QED) is 0.636. The van der Waals surface area contributed by atoms with E-state index >= 15 is 0 Å². The molecule has 2 bridgehead atoms. The van der Waals surface area contributed by atoms with E-state index in [1.54, 1.807) is 16.6 Å². The second-order valence-electron chi connectivity index (χ2n) is 8.16. The Labute approximate surface area is 166 Å². The Morgan fingerprint density at radius 2 is 2.24 bits per heavy atom. The number of amides is 1. The number of rotatable bonds is 0. The highest BCUT2D eigenvalue weighted by molar-refractivity contribution is 5.99. The van der Waals surface area contributed by atoms with Gasteiger partial charge in [0.05, 0.1) is 18.3 Å². The minimum atomic E-state index is -0.311. The first-order valence-electron chi connectivity index (χ1n) is 9.93. The van der Waals surface area contributed by atoms with Crippen LogP contribution >= 0.6 is 0 Å². The lowest BCUT2D eigenvalue weighted by atomic mass is 10.0. The highest BCUT2D eigenvalue weighted by Crippen LogP contribution is 2.65. The fraction of sp³-hybridized carbons (Fsp3) is 0.381.